The first-order valence-electron chi connectivity index (χ1n) is 7.25. The van der Waals surface area contributed by atoms with E-state index in [-0.39, 0.29) is 18.3 Å². The second-order valence-electron chi connectivity index (χ2n) is 6.89. The Balaban J connectivity index is 2.87. The zero-order valence-corrected chi connectivity index (χ0v) is 15.2. The molecule has 1 aliphatic rings. The molecule has 0 aromatic carbocycles. The predicted molar refractivity (Wildman–Crippen MR) is 87.0 cm³/mol. The van der Waals surface area contributed by atoms with Crippen LogP contribution >= 0.6 is 11.1 Å². The van der Waals surface area contributed by atoms with Gasteiger partial charge in [-0.25, -0.2) is 0 Å². The number of unbranched alkanes of at least 4 members (excludes halogenated alkanes) is 1. The molecule has 1 heterocycles. The Morgan fingerprint density at radius 1 is 1.16 bits per heavy atom. The number of halogens is 1. The van der Waals surface area contributed by atoms with E-state index in [9.17, 15) is 0 Å². The van der Waals surface area contributed by atoms with Crippen molar-refractivity contribution in [3.8, 4) is 0 Å². The molecule has 1 fully saturated rings. The summed E-state index contributed by atoms with van der Waals surface area (Å²) in [5.41, 5.74) is -0.551. The highest BCUT2D eigenvalue weighted by atomic mass is 35.6. The molecule has 0 N–H and O–H groups in total. The highest BCUT2D eigenvalue weighted by Crippen LogP contribution is 2.38. The summed E-state index contributed by atoms with van der Waals surface area (Å²) in [5.74, 6) is 2.13. The monoisotopic (exact) mass is 302 g/mol. The van der Waals surface area contributed by atoms with Gasteiger partial charge in [0.25, 0.3) is 0 Å². The van der Waals surface area contributed by atoms with Crippen molar-refractivity contribution in [3.63, 3.8) is 0 Å². The van der Waals surface area contributed by atoms with Crippen molar-refractivity contribution in [2.75, 3.05) is 0 Å². The van der Waals surface area contributed by atoms with Gasteiger partial charge in [-0.1, -0.05) is 44.0 Å². The van der Waals surface area contributed by atoms with Crippen LogP contribution in [0.2, 0.25) is 13.1 Å². The topological polar surface area (TPSA) is 18.5 Å². The molecule has 1 saturated heterocycles. The summed E-state index contributed by atoms with van der Waals surface area (Å²) in [6.45, 7) is 14.9. The van der Waals surface area contributed by atoms with E-state index in [0.717, 1.165) is 6.42 Å². The Bertz CT molecular complexity index is 332. The standard InChI is InChI=1S/C14H28BClO2Si/c1-8-9-10-12(19(6,7)16)11-15-17-13(2,3)14(4,5)18-15/h11H,8-10H2,1-7H3/b12-11-. The third-order valence-electron chi connectivity index (χ3n) is 4.17. The van der Waals surface area contributed by atoms with Crippen molar-refractivity contribution in [2.45, 2.75) is 78.2 Å². The highest BCUT2D eigenvalue weighted by molar-refractivity contribution is 7.23. The second-order valence-corrected chi connectivity index (χ2v) is 13.3. The Hall–Kier alpha value is 0.232. The fourth-order valence-electron chi connectivity index (χ4n) is 2.07. The van der Waals surface area contributed by atoms with Crippen LogP contribution in [0, 0.1) is 0 Å². The van der Waals surface area contributed by atoms with E-state index in [0.29, 0.717) is 0 Å². The molecular formula is C14H28BClO2Si. The van der Waals surface area contributed by atoms with E-state index in [2.05, 4.69) is 53.7 Å². The highest BCUT2D eigenvalue weighted by Gasteiger charge is 2.50. The normalized spacial score (nSPS) is 22.9. The summed E-state index contributed by atoms with van der Waals surface area (Å²) >= 11 is 6.62. The Morgan fingerprint density at radius 2 is 1.63 bits per heavy atom. The van der Waals surface area contributed by atoms with Crippen LogP contribution in [-0.2, 0) is 9.31 Å². The van der Waals surface area contributed by atoms with Crippen LogP contribution in [-0.4, -0.2) is 25.7 Å². The zero-order valence-electron chi connectivity index (χ0n) is 13.5. The fraction of sp³-hybridized carbons (Fsp3) is 0.857. The quantitative estimate of drug-likeness (QED) is 0.540. The van der Waals surface area contributed by atoms with Crippen molar-refractivity contribution in [1.29, 1.82) is 0 Å². The van der Waals surface area contributed by atoms with Gasteiger partial charge >= 0.3 is 7.12 Å². The van der Waals surface area contributed by atoms with Crippen LogP contribution in [0.15, 0.2) is 11.2 Å². The smallest absolute Gasteiger partial charge is 0.400 e. The molecular weight excluding hydrogens is 275 g/mol. The molecule has 2 nitrogen and oxygen atoms in total. The van der Waals surface area contributed by atoms with Crippen molar-refractivity contribution in [2.24, 2.45) is 0 Å². The Kier molecular flexibility index (Phi) is 5.39. The summed E-state index contributed by atoms with van der Waals surface area (Å²) in [7, 11) is -2.07. The van der Waals surface area contributed by atoms with Gasteiger partial charge in [-0.2, -0.15) is 11.1 Å². The van der Waals surface area contributed by atoms with Gasteiger partial charge in [-0.3, -0.25) is 0 Å². The Labute approximate surface area is 124 Å². The molecule has 0 unspecified atom stereocenters. The molecule has 0 aliphatic carbocycles. The Morgan fingerprint density at radius 3 is 2.00 bits per heavy atom. The number of allylic oxidation sites excluding steroid dienone is 1. The molecule has 0 spiro atoms. The van der Waals surface area contributed by atoms with Crippen molar-refractivity contribution in [3.05, 3.63) is 11.2 Å². The van der Waals surface area contributed by atoms with E-state index >= 15 is 0 Å². The molecule has 1 rings (SSSR count). The van der Waals surface area contributed by atoms with Crippen molar-refractivity contribution < 1.29 is 9.31 Å². The van der Waals surface area contributed by atoms with Crippen LogP contribution in [0.25, 0.3) is 0 Å². The van der Waals surface area contributed by atoms with Crippen LogP contribution in [0.5, 0.6) is 0 Å². The summed E-state index contributed by atoms with van der Waals surface area (Å²) < 4.78 is 12.1. The predicted octanol–water partition coefficient (Wildman–Crippen LogP) is 4.72. The molecule has 0 aromatic heterocycles. The third kappa shape index (κ3) is 4.35. The molecule has 0 bridgehead atoms. The first kappa shape index (κ1) is 17.3. The molecule has 0 atom stereocenters. The van der Waals surface area contributed by atoms with Crippen LogP contribution in [0.1, 0.15) is 53.9 Å². The third-order valence-corrected chi connectivity index (χ3v) is 6.84. The van der Waals surface area contributed by atoms with Gasteiger partial charge in [0.05, 0.1) is 11.2 Å². The van der Waals surface area contributed by atoms with E-state index in [4.69, 9.17) is 20.4 Å². The maximum atomic E-state index is 6.62. The van der Waals surface area contributed by atoms with Gasteiger partial charge in [-0.15, -0.1) is 0 Å². The van der Waals surface area contributed by atoms with Crippen molar-refractivity contribution in [1.82, 2.24) is 0 Å². The van der Waals surface area contributed by atoms with E-state index in [1.807, 2.05) is 0 Å². The molecule has 5 heteroatoms. The first-order valence-corrected chi connectivity index (χ1v) is 11.3. The maximum absolute atomic E-state index is 6.62. The lowest BCUT2D eigenvalue weighted by molar-refractivity contribution is 0.00578. The van der Waals surface area contributed by atoms with E-state index in [1.54, 1.807) is 0 Å². The summed E-state index contributed by atoms with van der Waals surface area (Å²) in [6, 6.07) is 0. The molecule has 0 aromatic rings. The minimum atomic E-state index is -1.81. The molecule has 0 radical (unpaired) electrons. The van der Waals surface area contributed by atoms with Gasteiger partial charge in [0.15, 0.2) is 7.38 Å². The largest absolute Gasteiger partial charge is 0.486 e. The van der Waals surface area contributed by atoms with Gasteiger partial charge < -0.3 is 9.31 Å². The van der Waals surface area contributed by atoms with Gasteiger partial charge in [0.1, 0.15) is 0 Å². The minimum absolute atomic E-state index is 0.262. The summed E-state index contributed by atoms with van der Waals surface area (Å²) in [5, 5.41) is 1.34. The molecule has 110 valence electrons. The summed E-state index contributed by atoms with van der Waals surface area (Å²) in [6.07, 6.45) is 3.42. The SMILES string of the molecule is CCCC/C(=C/B1OC(C)(C)C(C)(C)O1)[Si](C)(C)Cl. The van der Waals surface area contributed by atoms with Crippen LogP contribution < -0.4 is 0 Å². The van der Waals surface area contributed by atoms with Gasteiger partial charge in [0, 0.05) is 0 Å². The number of rotatable bonds is 5. The lowest BCUT2D eigenvalue weighted by atomic mass is 9.89. The van der Waals surface area contributed by atoms with E-state index in [1.165, 1.54) is 18.0 Å². The average Bonchev–Trinajstić information content (AvgIpc) is 2.40. The van der Waals surface area contributed by atoms with Crippen LogP contribution in [0.3, 0.4) is 0 Å². The number of hydrogen-bond acceptors (Lipinski definition) is 2. The summed E-state index contributed by atoms with van der Waals surface area (Å²) in [4.78, 5) is 0. The lowest BCUT2D eigenvalue weighted by Gasteiger charge is -2.32. The minimum Gasteiger partial charge on any atom is -0.400 e. The fourth-order valence-corrected chi connectivity index (χ4v) is 3.84. The van der Waals surface area contributed by atoms with Gasteiger partial charge in [-0.05, 0) is 34.1 Å². The zero-order chi connectivity index (χ0) is 14.9. The lowest BCUT2D eigenvalue weighted by Crippen LogP contribution is -2.41. The molecule has 1 aliphatic heterocycles. The molecule has 19 heavy (non-hydrogen) atoms. The average molecular weight is 303 g/mol. The van der Waals surface area contributed by atoms with Crippen LogP contribution in [0.4, 0.5) is 0 Å². The number of hydrogen-bond donors (Lipinski definition) is 0. The maximum Gasteiger partial charge on any atom is 0.486 e. The molecule has 0 amide bonds. The first-order chi connectivity index (χ1) is 8.49. The second kappa shape index (κ2) is 5.92. The molecule has 0 saturated carbocycles. The van der Waals surface area contributed by atoms with Crippen molar-refractivity contribution >= 4 is 25.6 Å². The van der Waals surface area contributed by atoms with E-state index < -0.39 is 7.38 Å². The van der Waals surface area contributed by atoms with Gasteiger partial charge in [0.2, 0.25) is 0 Å².